The highest BCUT2D eigenvalue weighted by molar-refractivity contribution is 9.10. The SMILES string of the molecule is Cc1sc(C(=O)CC2CCC2)cc1Br. The summed E-state index contributed by atoms with van der Waals surface area (Å²) in [5, 5.41) is 0. The summed E-state index contributed by atoms with van der Waals surface area (Å²) in [5.41, 5.74) is 0. The Morgan fingerprint density at radius 3 is 2.79 bits per heavy atom. The van der Waals surface area contributed by atoms with Crippen LogP contribution in [0.4, 0.5) is 0 Å². The molecule has 0 radical (unpaired) electrons. The lowest BCUT2D eigenvalue weighted by molar-refractivity contribution is 0.0940. The Bertz CT molecular complexity index is 333. The van der Waals surface area contributed by atoms with Crippen LogP contribution >= 0.6 is 27.3 Å². The minimum Gasteiger partial charge on any atom is -0.293 e. The van der Waals surface area contributed by atoms with Gasteiger partial charge in [-0.1, -0.05) is 19.3 Å². The fraction of sp³-hybridized carbons (Fsp3) is 0.545. The molecule has 1 nitrogen and oxygen atoms in total. The number of ketones is 1. The molecule has 1 aromatic rings. The number of rotatable bonds is 3. The lowest BCUT2D eigenvalue weighted by atomic mass is 9.82. The highest BCUT2D eigenvalue weighted by atomic mass is 79.9. The van der Waals surface area contributed by atoms with Crippen LogP contribution in [0.1, 0.15) is 40.2 Å². The Morgan fingerprint density at radius 2 is 2.36 bits per heavy atom. The van der Waals surface area contributed by atoms with Crippen molar-refractivity contribution in [3.8, 4) is 0 Å². The third-order valence-electron chi connectivity index (χ3n) is 2.83. The van der Waals surface area contributed by atoms with Gasteiger partial charge in [0, 0.05) is 15.8 Å². The van der Waals surface area contributed by atoms with E-state index in [4.69, 9.17) is 0 Å². The zero-order valence-corrected chi connectivity index (χ0v) is 10.6. The summed E-state index contributed by atoms with van der Waals surface area (Å²) >= 11 is 5.04. The van der Waals surface area contributed by atoms with Crippen molar-refractivity contribution in [2.24, 2.45) is 5.92 Å². The molecule has 1 aromatic heterocycles. The van der Waals surface area contributed by atoms with Crippen LogP contribution < -0.4 is 0 Å². The van der Waals surface area contributed by atoms with Crippen molar-refractivity contribution in [1.29, 1.82) is 0 Å². The molecule has 0 spiro atoms. The molecule has 0 aromatic carbocycles. The second-order valence-electron chi connectivity index (χ2n) is 3.94. The van der Waals surface area contributed by atoms with Gasteiger partial charge < -0.3 is 0 Å². The van der Waals surface area contributed by atoms with Crippen molar-refractivity contribution >= 4 is 33.0 Å². The van der Waals surface area contributed by atoms with Gasteiger partial charge in [0.25, 0.3) is 0 Å². The molecule has 14 heavy (non-hydrogen) atoms. The van der Waals surface area contributed by atoms with E-state index in [2.05, 4.69) is 15.9 Å². The summed E-state index contributed by atoms with van der Waals surface area (Å²) in [6.45, 7) is 2.04. The molecular weight excluding hydrogens is 260 g/mol. The highest BCUT2D eigenvalue weighted by Gasteiger charge is 2.22. The molecule has 0 aliphatic heterocycles. The zero-order chi connectivity index (χ0) is 10.1. The quantitative estimate of drug-likeness (QED) is 0.754. The van der Waals surface area contributed by atoms with E-state index in [1.807, 2.05) is 13.0 Å². The molecule has 0 bridgehead atoms. The Labute approximate surface area is 96.6 Å². The number of aryl methyl sites for hydroxylation is 1. The predicted octanol–water partition coefficient (Wildman–Crippen LogP) is 4.19. The third-order valence-corrected chi connectivity index (χ3v) is 5.01. The van der Waals surface area contributed by atoms with Crippen LogP contribution in [0.25, 0.3) is 0 Å². The molecule has 0 saturated heterocycles. The lowest BCUT2D eigenvalue weighted by Crippen LogP contribution is -2.15. The summed E-state index contributed by atoms with van der Waals surface area (Å²) in [7, 11) is 0. The maximum Gasteiger partial charge on any atom is 0.173 e. The largest absolute Gasteiger partial charge is 0.293 e. The van der Waals surface area contributed by atoms with Gasteiger partial charge in [-0.05, 0) is 34.8 Å². The van der Waals surface area contributed by atoms with Crippen LogP contribution in [-0.4, -0.2) is 5.78 Å². The summed E-state index contributed by atoms with van der Waals surface area (Å²) in [6.07, 6.45) is 4.56. The number of halogens is 1. The average Bonchev–Trinajstić information content (AvgIpc) is 2.40. The van der Waals surface area contributed by atoms with Crippen molar-refractivity contribution in [3.63, 3.8) is 0 Å². The molecule has 1 saturated carbocycles. The second kappa shape index (κ2) is 4.15. The zero-order valence-electron chi connectivity index (χ0n) is 8.18. The highest BCUT2D eigenvalue weighted by Crippen LogP contribution is 2.33. The van der Waals surface area contributed by atoms with Crippen LogP contribution in [0.15, 0.2) is 10.5 Å². The molecule has 1 fully saturated rings. The molecule has 76 valence electrons. The van der Waals surface area contributed by atoms with Crippen molar-refractivity contribution in [1.82, 2.24) is 0 Å². The summed E-state index contributed by atoms with van der Waals surface area (Å²) in [5.74, 6) is 0.997. The fourth-order valence-electron chi connectivity index (χ4n) is 1.66. The van der Waals surface area contributed by atoms with E-state index >= 15 is 0 Å². The summed E-state index contributed by atoms with van der Waals surface area (Å²) in [6, 6.07) is 1.96. The molecule has 3 heteroatoms. The molecule has 1 aliphatic carbocycles. The van der Waals surface area contributed by atoms with E-state index in [9.17, 15) is 4.79 Å². The number of carbonyl (C=O) groups is 1. The first-order valence-electron chi connectivity index (χ1n) is 4.96. The lowest BCUT2D eigenvalue weighted by Gasteiger charge is -2.23. The standard InChI is InChI=1S/C11H13BrOS/c1-7-9(12)6-11(14-7)10(13)5-8-3-2-4-8/h6,8H,2-5H2,1H3. The van der Waals surface area contributed by atoms with Crippen LogP contribution in [-0.2, 0) is 0 Å². The minimum absolute atomic E-state index is 0.327. The van der Waals surface area contributed by atoms with Crippen molar-refractivity contribution < 1.29 is 4.79 Å². The molecule has 0 atom stereocenters. The van der Waals surface area contributed by atoms with Gasteiger partial charge in [-0.25, -0.2) is 0 Å². The maximum absolute atomic E-state index is 11.8. The normalized spacial score (nSPS) is 16.7. The molecule has 0 amide bonds. The van der Waals surface area contributed by atoms with E-state index in [-0.39, 0.29) is 0 Å². The molecule has 0 N–H and O–H groups in total. The second-order valence-corrected chi connectivity index (χ2v) is 6.05. The molecule has 2 rings (SSSR count). The number of Topliss-reactive ketones (excluding diaryl/α,β-unsaturated/α-hetero) is 1. The monoisotopic (exact) mass is 272 g/mol. The van der Waals surface area contributed by atoms with Gasteiger partial charge in [-0.3, -0.25) is 4.79 Å². The Balaban J connectivity index is 2.02. The predicted molar refractivity (Wildman–Crippen MR) is 63.0 cm³/mol. The topological polar surface area (TPSA) is 17.1 Å². The van der Waals surface area contributed by atoms with E-state index in [1.165, 1.54) is 24.1 Å². The average molecular weight is 273 g/mol. The van der Waals surface area contributed by atoms with E-state index in [1.54, 1.807) is 11.3 Å². The Hall–Kier alpha value is -0.150. The number of carbonyl (C=O) groups excluding carboxylic acids is 1. The van der Waals surface area contributed by atoms with Gasteiger partial charge in [0.2, 0.25) is 0 Å². The summed E-state index contributed by atoms with van der Waals surface area (Å²) < 4.78 is 1.07. The smallest absolute Gasteiger partial charge is 0.173 e. The molecular formula is C11H13BrOS. The van der Waals surface area contributed by atoms with Gasteiger partial charge >= 0.3 is 0 Å². The van der Waals surface area contributed by atoms with Gasteiger partial charge in [-0.2, -0.15) is 0 Å². The molecule has 1 aliphatic rings. The Kier molecular flexibility index (Phi) is 3.07. The van der Waals surface area contributed by atoms with Crippen molar-refractivity contribution in [3.05, 3.63) is 20.3 Å². The van der Waals surface area contributed by atoms with E-state index in [0.717, 1.165) is 15.8 Å². The summed E-state index contributed by atoms with van der Waals surface area (Å²) in [4.78, 5) is 13.9. The van der Waals surface area contributed by atoms with Gasteiger partial charge in [0.15, 0.2) is 5.78 Å². The van der Waals surface area contributed by atoms with Gasteiger partial charge in [0.05, 0.1) is 4.88 Å². The number of thiophene rings is 1. The first-order valence-corrected chi connectivity index (χ1v) is 6.57. The number of hydrogen-bond acceptors (Lipinski definition) is 2. The van der Waals surface area contributed by atoms with Crippen LogP contribution in [0.2, 0.25) is 0 Å². The van der Waals surface area contributed by atoms with Gasteiger partial charge in [-0.15, -0.1) is 11.3 Å². The van der Waals surface area contributed by atoms with Crippen LogP contribution in [0, 0.1) is 12.8 Å². The molecule has 0 unspecified atom stereocenters. The minimum atomic E-state index is 0.327. The van der Waals surface area contributed by atoms with Crippen molar-refractivity contribution in [2.45, 2.75) is 32.6 Å². The van der Waals surface area contributed by atoms with E-state index < -0.39 is 0 Å². The van der Waals surface area contributed by atoms with E-state index in [0.29, 0.717) is 11.7 Å². The van der Waals surface area contributed by atoms with Gasteiger partial charge in [0.1, 0.15) is 0 Å². The van der Waals surface area contributed by atoms with Crippen molar-refractivity contribution in [2.75, 3.05) is 0 Å². The first-order chi connectivity index (χ1) is 6.66. The Morgan fingerprint density at radius 1 is 1.64 bits per heavy atom. The maximum atomic E-state index is 11.8. The fourth-order valence-corrected chi connectivity index (χ4v) is 3.14. The third kappa shape index (κ3) is 2.09. The van der Waals surface area contributed by atoms with Crippen LogP contribution in [0.3, 0.4) is 0 Å². The first kappa shape index (κ1) is 10.4. The van der Waals surface area contributed by atoms with Crippen LogP contribution in [0.5, 0.6) is 0 Å². The number of hydrogen-bond donors (Lipinski definition) is 0. The molecule has 1 heterocycles.